The highest BCUT2D eigenvalue weighted by atomic mass is 14.9. The van der Waals surface area contributed by atoms with Crippen LogP contribution in [-0.4, -0.2) is 17.5 Å². The Balaban J connectivity index is 1.31. The fourth-order valence-corrected chi connectivity index (χ4v) is 3.42. The summed E-state index contributed by atoms with van der Waals surface area (Å²) in [6.45, 7) is 0. The van der Waals surface area contributed by atoms with E-state index < -0.39 is 0 Å². The van der Waals surface area contributed by atoms with Crippen molar-refractivity contribution in [1.29, 1.82) is 5.41 Å². The van der Waals surface area contributed by atoms with Crippen LogP contribution in [0.3, 0.4) is 0 Å². The maximum absolute atomic E-state index is 7.62. The van der Waals surface area contributed by atoms with Crippen LogP contribution in [0, 0.1) is 5.41 Å². The molecule has 3 aliphatic carbocycles. The number of allylic oxidation sites excluding steroid dienone is 6. The third-order valence-corrected chi connectivity index (χ3v) is 5.00. The second kappa shape index (κ2) is 8.70. The second-order valence-corrected chi connectivity index (χ2v) is 7.28. The van der Waals surface area contributed by atoms with Crippen LogP contribution in [0.2, 0.25) is 0 Å². The molecule has 0 bridgehead atoms. The van der Waals surface area contributed by atoms with Crippen LogP contribution in [0.15, 0.2) is 89.3 Å². The molecule has 4 nitrogen and oxygen atoms in total. The quantitative estimate of drug-likeness (QED) is 0.634. The summed E-state index contributed by atoms with van der Waals surface area (Å²) in [5, 5.41) is 14.7. The van der Waals surface area contributed by atoms with Gasteiger partial charge in [-0.1, -0.05) is 24.3 Å². The fourth-order valence-electron chi connectivity index (χ4n) is 3.42. The molecule has 1 aromatic carbocycles. The van der Waals surface area contributed by atoms with E-state index in [1.807, 2.05) is 24.3 Å². The predicted octanol–water partition coefficient (Wildman–Crippen LogP) is 5.58. The third kappa shape index (κ3) is 4.97. The molecule has 0 aromatic heterocycles. The van der Waals surface area contributed by atoms with Gasteiger partial charge in [0.15, 0.2) is 0 Å². The van der Waals surface area contributed by atoms with Gasteiger partial charge in [0, 0.05) is 34.5 Å². The summed E-state index contributed by atoms with van der Waals surface area (Å²) in [6.07, 6.45) is 21.8. The number of nitrogens with zero attached hydrogens (tertiary/aromatic N) is 1. The van der Waals surface area contributed by atoms with Crippen LogP contribution in [0.4, 0.5) is 11.4 Å². The summed E-state index contributed by atoms with van der Waals surface area (Å²) in [7, 11) is 0. The first-order valence-electron chi connectivity index (χ1n) is 9.96. The van der Waals surface area contributed by atoms with E-state index in [-0.39, 0.29) is 0 Å². The van der Waals surface area contributed by atoms with Gasteiger partial charge >= 0.3 is 0 Å². The molecular weight excluding hydrogens is 344 g/mol. The highest BCUT2D eigenvalue weighted by molar-refractivity contribution is 6.08. The normalized spacial score (nSPS) is 22.8. The van der Waals surface area contributed by atoms with Gasteiger partial charge in [-0.15, -0.1) is 0 Å². The molecule has 3 aliphatic rings. The minimum atomic E-state index is 0.297. The number of aliphatic imine (C=N–C) groups is 1. The number of hydrogen-bond acceptors (Lipinski definition) is 4. The molecule has 0 radical (unpaired) electrons. The van der Waals surface area contributed by atoms with Crippen LogP contribution in [-0.2, 0) is 0 Å². The van der Waals surface area contributed by atoms with Gasteiger partial charge in [0.05, 0.1) is 5.69 Å². The topological polar surface area (TPSA) is 60.3 Å². The van der Waals surface area contributed by atoms with Crippen LogP contribution in [0.1, 0.15) is 32.1 Å². The lowest BCUT2D eigenvalue weighted by atomic mass is 10.0. The molecule has 4 rings (SSSR count). The monoisotopic (exact) mass is 370 g/mol. The van der Waals surface area contributed by atoms with Crippen molar-refractivity contribution in [3.8, 4) is 0 Å². The van der Waals surface area contributed by atoms with Crippen LogP contribution in [0.5, 0.6) is 0 Å². The van der Waals surface area contributed by atoms with Crippen molar-refractivity contribution in [3.05, 3.63) is 84.3 Å². The largest absolute Gasteiger partial charge is 0.379 e. The lowest BCUT2D eigenvalue weighted by molar-refractivity contribution is 0.848. The Morgan fingerprint density at radius 1 is 0.893 bits per heavy atom. The zero-order valence-electron chi connectivity index (χ0n) is 16.0. The average Bonchev–Trinajstić information content (AvgIpc) is 2.73. The first kappa shape index (κ1) is 18.2. The van der Waals surface area contributed by atoms with Crippen molar-refractivity contribution < 1.29 is 0 Å². The maximum Gasteiger partial charge on any atom is 0.0634 e. The highest BCUT2D eigenvalue weighted by Crippen LogP contribution is 2.21. The van der Waals surface area contributed by atoms with Crippen molar-refractivity contribution in [2.24, 2.45) is 4.99 Å². The smallest absolute Gasteiger partial charge is 0.0634 e. The van der Waals surface area contributed by atoms with Crippen LogP contribution in [0.25, 0.3) is 0 Å². The Morgan fingerprint density at radius 3 is 2.43 bits per heavy atom. The Morgan fingerprint density at radius 2 is 1.75 bits per heavy atom. The Labute approximate surface area is 166 Å². The van der Waals surface area contributed by atoms with Crippen molar-refractivity contribution in [3.63, 3.8) is 0 Å². The average molecular weight is 371 g/mol. The Bertz CT molecular complexity index is 910. The number of benzene rings is 1. The summed E-state index contributed by atoms with van der Waals surface area (Å²) in [6, 6.07) is 8.54. The molecule has 1 unspecified atom stereocenters. The summed E-state index contributed by atoms with van der Waals surface area (Å²) >= 11 is 0. The van der Waals surface area contributed by atoms with Gasteiger partial charge in [0.25, 0.3) is 0 Å². The van der Waals surface area contributed by atoms with Gasteiger partial charge in [-0.2, -0.15) is 0 Å². The zero-order valence-corrected chi connectivity index (χ0v) is 16.0. The first-order valence-corrected chi connectivity index (χ1v) is 9.96. The van der Waals surface area contributed by atoms with Crippen molar-refractivity contribution in [2.45, 2.75) is 38.1 Å². The van der Waals surface area contributed by atoms with E-state index in [9.17, 15) is 0 Å². The molecule has 0 spiro atoms. The van der Waals surface area contributed by atoms with E-state index in [1.165, 1.54) is 5.70 Å². The van der Waals surface area contributed by atoms with Gasteiger partial charge in [0.1, 0.15) is 0 Å². The van der Waals surface area contributed by atoms with Gasteiger partial charge in [-0.05, 0) is 80.7 Å². The maximum atomic E-state index is 7.62. The molecule has 142 valence electrons. The number of anilines is 1. The molecular formula is C24H26N4. The van der Waals surface area contributed by atoms with Crippen LogP contribution >= 0.6 is 0 Å². The van der Waals surface area contributed by atoms with E-state index in [4.69, 9.17) is 5.41 Å². The molecule has 0 aliphatic heterocycles. The van der Waals surface area contributed by atoms with E-state index in [0.717, 1.165) is 54.9 Å². The van der Waals surface area contributed by atoms with E-state index in [0.29, 0.717) is 11.8 Å². The number of hydrogen-bond donors (Lipinski definition) is 3. The molecule has 3 N–H and O–H groups in total. The predicted molar refractivity (Wildman–Crippen MR) is 118 cm³/mol. The second-order valence-electron chi connectivity index (χ2n) is 7.28. The Hall–Kier alpha value is -3.14. The molecule has 28 heavy (non-hydrogen) atoms. The van der Waals surface area contributed by atoms with Gasteiger partial charge in [0.2, 0.25) is 0 Å². The summed E-state index contributed by atoms with van der Waals surface area (Å²) in [4.78, 5) is 4.67. The highest BCUT2D eigenvalue weighted by Gasteiger charge is 2.10. The standard InChI is InChI=1S/C24H26N4/c25-18-6-8-20(9-7-18)27-22-14-16-24(17-15-22)28-23-12-10-21(11-13-23)26-19-4-2-1-3-5-19/h2,4-6,8,10-12,14-17,23,25-26,28H,1,3,7,9,13H2. The fraction of sp³-hybridized carbons (Fsp3) is 0.250. The van der Waals surface area contributed by atoms with Crippen molar-refractivity contribution in [2.75, 3.05) is 5.32 Å². The zero-order chi connectivity index (χ0) is 19.2. The number of nitrogens with one attached hydrogen (secondary N) is 3. The molecule has 0 amide bonds. The lowest BCUT2D eigenvalue weighted by Gasteiger charge is -2.20. The van der Waals surface area contributed by atoms with Gasteiger partial charge in [-0.25, -0.2) is 0 Å². The molecule has 0 heterocycles. The summed E-state index contributed by atoms with van der Waals surface area (Å²) < 4.78 is 0. The van der Waals surface area contributed by atoms with E-state index >= 15 is 0 Å². The molecule has 4 heteroatoms. The molecule has 1 aromatic rings. The van der Waals surface area contributed by atoms with Crippen LogP contribution < -0.4 is 10.6 Å². The van der Waals surface area contributed by atoms with Crippen molar-refractivity contribution in [1.82, 2.24) is 5.32 Å². The minimum absolute atomic E-state index is 0.297. The molecule has 1 atom stereocenters. The molecule has 0 saturated carbocycles. The SMILES string of the molecule is N=C1C=CC(=Nc2ccc(NC3C=CC(NC4=CCCC=C4)=CC3)cc2)CC1. The summed E-state index contributed by atoms with van der Waals surface area (Å²) in [5.41, 5.74) is 6.13. The molecule has 0 fully saturated rings. The molecule has 0 saturated heterocycles. The minimum Gasteiger partial charge on any atom is -0.379 e. The van der Waals surface area contributed by atoms with E-state index in [1.54, 1.807) is 0 Å². The first-order chi connectivity index (χ1) is 13.7. The van der Waals surface area contributed by atoms with Gasteiger partial charge < -0.3 is 16.0 Å². The third-order valence-electron chi connectivity index (χ3n) is 5.00. The lowest BCUT2D eigenvalue weighted by Crippen LogP contribution is -2.21. The van der Waals surface area contributed by atoms with E-state index in [2.05, 4.69) is 64.2 Å². The van der Waals surface area contributed by atoms with Crippen molar-refractivity contribution >= 4 is 22.8 Å². The summed E-state index contributed by atoms with van der Waals surface area (Å²) in [5.74, 6) is 0. The number of rotatable bonds is 5. The Kier molecular flexibility index (Phi) is 5.66. The van der Waals surface area contributed by atoms with Gasteiger partial charge in [-0.3, -0.25) is 4.99 Å².